The number of nitrogens with one attached hydrogen (secondary N) is 1. The van der Waals surface area contributed by atoms with Crippen LogP contribution in [-0.2, 0) is 22.6 Å². The van der Waals surface area contributed by atoms with Crippen LogP contribution in [-0.4, -0.2) is 52.4 Å². The molecule has 0 spiro atoms. The van der Waals surface area contributed by atoms with Crippen LogP contribution in [0.3, 0.4) is 0 Å². The van der Waals surface area contributed by atoms with Crippen LogP contribution in [0.25, 0.3) is 11.4 Å². The van der Waals surface area contributed by atoms with Gasteiger partial charge >= 0.3 is 0 Å². The average molecular weight is 368 g/mol. The Morgan fingerprint density at radius 3 is 2.70 bits per heavy atom. The Kier molecular flexibility index (Phi) is 5.10. The van der Waals surface area contributed by atoms with Gasteiger partial charge in [0.1, 0.15) is 12.3 Å². The van der Waals surface area contributed by atoms with Crippen LogP contribution < -0.4 is 10.2 Å². The largest absolute Gasteiger partial charge is 0.467 e. The number of aromatic nitrogens is 4. The van der Waals surface area contributed by atoms with Crippen molar-refractivity contribution in [2.75, 3.05) is 31.2 Å². The number of rotatable bonds is 6. The van der Waals surface area contributed by atoms with E-state index in [9.17, 15) is 4.79 Å². The van der Waals surface area contributed by atoms with Gasteiger partial charge in [-0.1, -0.05) is 0 Å². The summed E-state index contributed by atoms with van der Waals surface area (Å²) in [6.07, 6.45) is 1.57. The highest BCUT2D eigenvalue weighted by atomic mass is 16.5. The quantitative estimate of drug-likeness (QED) is 0.695. The molecule has 4 rings (SSSR count). The van der Waals surface area contributed by atoms with Crippen LogP contribution in [0.2, 0.25) is 0 Å². The van der Waals surface area contributed by atoms with E-state index in [1.807, 2.05) is 24.3 Å². The van der Waals surface area contributed by atoms with Crippen molar-refractivity contribution in [1.29, 1.82) is 0 Å². The fourth-order valence-electron chi connectivity index (χ4n) is 2.85. The van der Waals surface area contributed by atoms with Gasteiger partial charge in [0.15, 0.2) is 0 Å². The Bertz CT molecular complexity index is 869. The zero-order chi connectivity index (χ0) is 18.5. The minimum atomic E-state index is -0.210. The number of nitrogens with zero attached hydrogens (tertiary/aromatic N) is 5. The second-order valence-electron chi connectivity index (χ2n) is 6.15. The minimum Gasteiger partial charge on any atom is -0.467 e. The molecule has 9 nitrogen and oxygen atoms in total. The van der Waals surface area contributed by atoms with Crippen molar-refractivity contribution in [3.8, 4) is 11.4 Å². The second kappa shape index (κ2) is 8.00. The van der Waals surface area contributed by atoms with E-state index in [-0.39, 0.29) is 12.5 Å². The van der Waals surface area contributed by atoms with Crippen LogP contribution >= 0.6 is 0 Å². The van der Waals surface area contributed by atoms with E-state index in [1.165, 1.54) is 4.80 Å². The van der Waals surface area contributed by atoms with Crippen molar-refractivity contribution in [3.63, 3.8) is 0 Å². The number of amides is 1. The number of anilines is 1. The first kappa shape index (κ1) is 17.2. The fourth-order valence-corrected chi connectivity index (χ4v) is 2.85. The van der Waals surface area contributed by atoms with Crippen LogP contribution in [0.15, 0.2) is 47.1 Å². The number of hydrogen-bond donors (Lipinski definition) is 1. The molecule has 2 aromatic heterocycles. The molecular weight excluding hydrogens is 348 g/mol. The summed E-state index contributed by atoms with van der Waals surface area (Å²) in [5.41, 5.74) is 2.00. The van der Waals surface area contributed by atoms with Gasteiger partial charge in [-0.25, -0.2) is 0 Å². The summed E-state index contributed by atoms with van der Waals surface area (Å²) < 4.78 is 10.6. The molecule has 9 heteroatoms. The third kappa shape index (κ3) is 4.32. The van der Waals surface area contributed by atoms with Crippen molar-refractivity contribution >= 4 is 11.6 Å². The van der Waals surface area contributed by atoms with E-state index in [2.05, 4.69) is 25.6 Å². The molecule has 0 unspecified atom stereocenters. The van der Waals surface area contributed by atoms with Gasteiger partial charge in [0.05, 0.1) is 26.0 Å². The molecule has 27 heavy (non-hydrogen) atoms. The highest BCUT2D eigenvalue weighted by Gasteiger charge is 2.13. The van der Waals surface area contributed by atoms with Crippen molar-refractivity contribution < 1.29 is 13.9 Å². The standard InChI is InChI=1S/C18H20N6O3/c25-17(19-12-16-2-1-9-27-16)13-24-21-18(20-22-24)14-3-5-15(6-4-14)23-7-10-26-11-8-23/h1-6,9H,7-8,10-13H2,(H,19,25). The van der Waals surface area contributed by atoms with Crippen LogP contribution in [0.5, 0.6) is 0 Å². The summed E-state index contributed by atoms with van der Waals surface area (Å²) in [6.45, 7) is 3.61. The molecule has 0 bridgehead atoms. The number of hydrogen-bond acceptors (Lipinski definition) is 7. The fraction of sp³-hybridized carbons (Fsp3) is 0.333. The molecule has 0 aliphatic carbocycles. The van der Waals surface area contributed by atoms with Gasteiger partial charge in [0.25, 0.3) is 0 Å². The molecule has 1 amide bonds. The molecule has 1 aliphatic rings. The number of carbonyl (C=O) groups excluding carboxylic acids is 1. The number of tetrazole rings is 1. The normalized spacial score (nSPS) is 14.3. The molecule has 1 aliphatic heterocycles. The maximum Gasteiger partial charge on any atom is 0.244 e. The summed E-state index contributed by atoms with van der Waals surface area (Å²) in [6, 6.07) is 11.6. The summed E-state index contributed by atoms with van der Waals surface area (Å²) >= 11 is 0. The molecule has 1 aromatic carbocycles. The molecule has 0 radical (unpaired) electrons. The van der Waals surface area contributed by atoms with Gasteiger partial charge in [-0.3, -0.25) is 4.79 Å². The van der Waals surface area contributed by atoms with Crippen molar-refractivity contribution in [1.82, 2.24) is 25.5 Å². The van der Waals surface area contributed by atoms with Crippen LogP contribution in [0.1, 0.15) is 5.76 Å². The smallest absolute Gasteiger partial charge is 0.244 e. The number of furan rings is 1. The Hall–Kier alpha value is -3.20. The zero-order valence-corrected chi connectivity index (χ0v) is 14.7. The Labute approximate surface area is 155 Å². The summed E-state index contributed by atoms with van der Waals surface area (Å²) in [4.78, 5) is 15.5. The minimum absolute atomic E-state index is 0.000427. The number of benzene rings is 1. The topological polar surface area (TPSA) is 98.3 Å². The molecule has 3 heterocycles. The average Bonchev–Trinajstić information content (AvgIpc) is 3.39. The molecule has 1 fully saturated rings. The molecular formula is C18H20N6O3. The van der Waals surface area contributed by atoms with E-state index >= 15 is 0 Å². The summed E-state index contributed by atoms with van der Waals surface area (Å²) in [5, 5.41) is 15.0. The Morgan fingerprint density at radius 2 is 1.96 bits per heavy atom. The van der Waals surface area contributed by atoms with Crippen LogP contribution in [0, 0.1) is 0 Å². The van der Waals surface area contributed by atoms with Crippen molar-refractivity contribution in [2.24, 2.45) is 0 Å². The summed E-state index contributed by atoms with van der Waals surface area (Å²) in [5.74, 6) is 0.969. The first-order valence-electron chi connectivity index (χ1n) is 8.78. The van der Waals surface area contributed by atoms with E-state index in [4.69, 9.17) is 9.15 Å². The maximum atomic E-state index is 12.0. The summed E-state index contributed by atoms with van der Waals surface area (Å²) in [7, 11) is 0. The molecule has 0 atom stereocenters. The first-order chi connectivity index (χ1) is 13.3. The van der Waals surface area contributed by atoms with Crippen molar-refractivity contribution in [2.45, 2.75) is 13.1 Å². The maximum absolute atomic E-state index is 12.0. The van der Waals surface area contributed by atoms with E-state index in [1.54, 1.807) is 18.4 Å². The molecule has 1 N–H and O–H groups in total. The predicted octanol–water partition coefficient (Wildman–Crippen LogP) is 1.09. The second-order valence-corrected chi connectivity index (χ2v) is 6.15. The van der Waals surface area contributed by atoms with Crippen molar-refractivity contribution in [3.05, 3.63) is 48.4 Å². The molecule has 0 saturated carbocycles. The van der Waals surface area contributed by atoms with E-state index < -0.39 is 0 Å². The van der Waals surface area contributed by atoms with Crippen LogP contribution in [0.4, 0.5) is 5.69 Å². The monoisotopic (exact) mass is 368 g/mol. The Balaban J connectivity index is 1.35. The SMILES string of the molecule is O=C(Cn1nnc(-c2ccc(N3CCOCC3)cc2)n1)NCc1ccco1. The lowest BCUT2D eigenvalue weighted by molar-refractivity contribution is -0.122. The lowest BCUT2D eigenvalue weighted by Crippen LogP contribution is -2.36. The number of morpholine rings is 1. The van der Waals surface area contributed by atoms with Gasteiger partial charge in [0.2, 0.25) is 11.7 Å². The lowest BCUT2D eigenvalue weighted by Gasteiger charge is -2.28. The highest BCUT2D eigenvalue weighted by Crippen LogP contribution is 2.21. The highest BCUT2D eigenvalue weighted by molar-refractivity contribution is 5.75. The van der Waals surface area contributed by atoms with E-state index in [0.29, 0.717) is 18.1 Å². The zero-order valence-electron chi connectivity index (χ0n) is 14.7. The molecule has 3 aromatic rings. The van der Waals surface area contributed by atoms with Gasteiger partial charge in [-0.15, -0.1) is 10.2 Å². The third-order valence-electron chi connectivity index (χ3n) is 4.28. The first-order valence-corrected chi connectivity index (χ1v) is 8.78. The van der Waals surface area contributed by atoms with Gasteiger partial charge < -0.3 is 19.4 Å². The van der Waals surface area contributed by atoms with Gasteiger partial charge in [-0.05, 0) is 41.6 Å². The lowest BCUT2D eigenvalue weighted by atomic mass is 10.2. The third-order valence-corrected chi connectivity index (χ3v) is 4.28. The molecule has 140 valence electrons. The molecule has 1 saturated heterocycles. The number of carbonyl (C=O) groups is 1. The van der Waals surface area contributed by atoms with Gasteiger partial charge in [0, 0.05) is 24.3 Å². The van der Waals surface area contributed by atoms with E-state index in [0.717, 1.165) is 37.6 Å². The predicted molar refractivity (Wildman–Crippen MR) is 96.8 cm³/mol. The van der Waals surface area contributed by atoms with Gasteiger partial charge in [-0.2, -0.15) is 4.80 Å². The Morgan fingerprint density at radius 1 is 1.15 bits per heavy atom. The number of ether oxygens (including phenoxy) is 1.